The van der Waals surface area contributed by atoms with E-state index in [9.17, 15) is 18.0 Å². The van der Waals surface area contributed by atoms with Crippen LogP contribution in [0.5, 0.6) is 0 Å². The van der Waals surface area contributed by atoms with Crippen molar-refractivity contribution in [1.82, 2.24) is 15.6 Å². The van der Waals surface area contributed by atoms with E-state index in [-0.39, 0.29) is 23.5 Å². The molecule has 3 atom stereocenters. The molecule has 156 valence electrons. The van der Waals surface area contributed by atoms with Gasteiger partial charge in [0.05, 0.1) is 17.1 Å². The highest BCUT2D eigenvalue weighted by molar-refractivity contribution is 5.94. The molecule has 0 radical (unpaired) electrons. The quantitative estimate of drug-likeness (QED) is 0.821. The molecule has 29 heavy (non-hydrogen) atoms. The Morgan fingerprint density at radius 2 is 2.10 bits per heavy atom. The van der Waals surface area contributed by atoms with E-state index in [0.29, 0.717) is 17.8 Å². The van der Waals surface area contributed by atoms with Crippen molar-refractivity contribution in [2.75, 3.05) is 24.5 Å². The van der Waals surface area contributed by atoms with Gasteiger partial charge in [0.1, 0.15) is 0 Å². The zero-order valence-corrected chi connectivity index (χ0v) is 16.3. The van der Waals surface area contributed by atoms with Gasteiger partial charge in [-0.05, 0) is 56.0 Å². The third-order valence-electron chi connectivity index (χ3n) is 5.78. The Morgan fingerprint density at radius 3 is 2.83 bits per heavy atom. The van der Waals surface area contributed by atoms with Gasteiger partial charge >= 0.3 is 6.18 Å². The van der Waals surface area contributed by atoms with E-state index >= 15 is 0 Å². The maximum Gasteiger partial charge on any atom is 0.418 e. The summed E-state index contributed by atoms with van der Waals surface area (Å²) < 4.78 is 40.2. The molecule has 5 nitrogen and oxygen atoms in total. The third-order valence-corrected chi connectivity index (χ3v) is 5.78. The minimum Gasteiger partial charge on any atom is -0.369 e. The van der Waals surface area contributed by atoms with Crippen molar-refractivity contribution >= 4 is 22.5 Å². The number of carbonyl (C=O) groups excluding carboxylic acids is 1. The minimum atomic E-state index is -4.45. The lowest BCUT2D eigenvalue weighted by Gasteiger charge is -2.39. The molecule has 0 bridgehead atoms. The van der Waals surface area contributed by atoms with E-state index in [0.717, 1.165) is 44.1 Å². The van der Waals surface area contributed by atoms with E-state index in [1.165, 1.54) is 12.3 Å². The number of hydrogen-bond donors (Lipinski definition) is 2. The van der Waals surface area contributed by atoms with Crippen LogP contribution in [0, 0.1) is 5.92 Å². The van der Waals surface area contributed by atoms with Crippen LogP contribution in [0.1, 0.15) is 31.7 Å². The number of carbonyl (C=O) groups is 1. The summed E-state index contributed by atoms with van der Waals surface area (Å²) in [5.41, 5.74) is -0.0311. The van der Waals surface area contributed by atoms with Crippen molar-refractivity contribution in [1.29, 1.82) is 0 Å². The molecular formula is C21H25F3N4O. The minimum absolute atomic E-state index is 0.0143. The molecule has 8 heteroatoms. The average Bonchev–Trinajstić information content (AvgIpc) is 3.21. The second-order valence-corrected chi connectivity index (χ2v) is 8.13. The summed E-state index contributed by atoms with van der Waals surface area (Å²) >= 11 is 0. The predicted molar refractivity (Wildman–Crippen MR) is 106 cm³/mol. The van der Waals surface area contributed by atoms with E-state index in [2.05, 4.69) is 27.4 Å². The molecule has 2 fully saturated rings. The molecule has 0 spiro atoms. The topological polar surface area (TPSA) is 57.3 Å². The normalized spacial score (nSPS) is 25.4. The first kappa shape index (κ1) is 19.9. The summed E-state index contributed by atoms with van der Waals surface area (Å²) in [6.45, 7) is 4.25. The van der Waals surface area contributed by atoms with Crippen LogP contribution < -0.4 is 15.5 Å². The van der Waals surface area contributed by atoms with Crippen LogP contribution in [0.3, 0.4) is 0 Å². The number of hydrogen-bond acceptors (Lipinski definition) is 4. The molecule has 1 unspecified atom stereocenters. The Hall–Kier alpha value is -2.35. The van der Waals surface area contributed by atoms with Crippen LogP contribution in [-0.2, 0) is 11.0 Å². The number of rotatable bonds is 3. The van der Waals surface area contributed by atoms with Gasteiger partial charge in [0, 0.05) is 36.4 Å². The number of fused-ring (bicyclic) bond motifs is 1. The summed E-state index contributed by atoms with van der Waals surface area (Å²) in [4.78, 5) is 18.6. The fourth-order valence-electron chi connectivity index (χ4n) is 4.53. The predicted octanol–water partition coefficient (Wildman–Crippen LogP) is 3.34. The van der Waals surface area contributed by atoms with Crippen molar-refractivity contribution in [2.45, 2.75) is 44.4 Å². The standard InChI is InChI=1S/C21H25F3N4O/c1-13-10-14(27-20(29)17-5-3-8-25-17)12-28(11-13)18-7-6-16(21(22,23)24)19-15(18)4-2-9-26-19/h2,4,6-7,9,13-14,17,25H,3,5,8,10-12H2,1H3,(H,27,29)/t13?,14-,17+/m1/s1. The van der Waals surface area contributed by atoms with Gasteiger partial charge in [-0.15, -0.1) is 0 Å². The zero-order valence-electron chi connectivity index (χ0n) is 16.3. The molecule has 1 aromatic carbocycles. The summed E-state index contributed by atoms with van der Waals surface area (Å²) in [6, 6.07) is 5.80. The SMILES string of the molecule is CC1C[C@@H](NC(=O)[C@@H]2CCCN2)CN(c2ccc(C(F)(F)F)c3ncccc23)C1. The molecule has 3 heterocycles. The van der Waals surface area contributed by atoms with Gasteiger partial charge in [0.15, 0.2) is 0 Å². The monoisotopic (exact) mass is 406 g/mol. The maximum absolute atomic E-state index is 13.4. The van der Waals surface area contributed by atoms with Gasteiger partial charge in [0.2, 0.25) is 5.91 Å². The molecule has 2 aliphatic rings. The number of piperidine rings is 1. The number of aromatic nitrogens is 1. The summed E-state index contributed by atoms with van der Waals surface area (Å²) in [5, 5.41) is 6.83. The number of pyridine rings is 1. The Bertz CT molecular complexity index is 895. The van der Waals surface area contributed by atoms with Gasteiger partial charge in [-0.2, -0.15) is 13.2 Å². The number of nitrogens with zero attached hydrogens (tertiary/aromatic N) is 2. The highest BCUT2D eigenvalue weighted by Gasteiger charge is 2.35. The second kappa shape index (κ2) is 7.82. The van der Waals surface area contributed by atoms with Crippen LogP contribution >= 0.6 is 0 Å². The van der Waals surface area contributed by atoms with Crippen LogP contribution in [0.25, 0.3) is 10.9 Å². The van der Waals surface area contributed by atoms with Gasteiger partial charge in [-0.1, -0.05) is 6.92 Å². The summed E-state index contributed by atoms with van der Waals surface area (Å²) in [7, 11) is 0. The second-order valence-electron chi connectivity index (χ2n) is 8.13. The van der Waals surface area contributed by atoms with Crippen LogP contribution in [0.2, 0.25) is 0 Å². The summed E-state index contributed by atoms with van der Waals surface area (Å²) in [6.07, 6.45) is -0.377. The Labute approximate surface area is 167 Å². The highest BCUT2D eigenvalue weighted by Crippen LogP contribution is 2.38. The van der Waals surface area contributed by atoms with Crippen molar-refractivity contribution in [3.63, 3.8) is 0 Å². The van der Waals surface area contributed by atoms with Crippen molar-refractivity contribution in [3.05, 3.63) is 36.0 Å². The van der Waals surface area contributed by atoms with Gasteiger partial charge < -0.3 is 15.5 Å². The van der Waals surface area contributed by atoms with Crippen molar-refractivity contribution in [3.8, 4) is 0 Å². The molecule has 2 aromatic rings. The van der Waals surface area contributed by atoms with E-state index in [4.69, 9.17) is 0 Å². The Balaban J connectivity index is 1.60. The van der Waals surface area contributed by atoms with Crippen molar-refractivity contribution < 1.29 is 18.0 Å². The number of nitrogens with one attached hydrogen (secondary N) is 2. The zero-order chi connectivity index (χ0) is 20.6. The van der Waals surface area contributed by atoms with Crippen LogP contribution in [0.4, 0.5) is 18.9 Å². The van der Waals surface area contributed by atoms with E-state index in [1.54, 1.807) is 12.1 Å². The molecule has 2 saturated heterocycles. The fourth-order valence-corrected chi connectivity index (χ4v) is 4.53. The molecule has 2 aliphatic heterocycles. The molecule has 1 aromatic heterocycles. The first-order valence-electron chi connectivity index (χ1n) is 10.1. The molecule has 0 aliphatic carbocycles. The lowest BCUT2D eigenvalue weighted by Crippen LogP contribution is -2.53. The highest BCUT2D eigenvalue weighted by atomic mass is 19.4. The van der Waals surface area contributed by atoms with Gasteiger partial charge in [-0.25, -0.2) is 0 Å². The molecule has 2 N–H and O–H groups in total. The lowest BCUT2D eigenvalue weighted by atomic mass is 9.94. The first-order chi connectivity index (χ1) is 13.8. The van der Waals surface area contributed by atoms with E-state index < -0.39 is 11.7 Å². The lowest BCUT2D eigenvalue weighted by molar-refractivity contribution is -0.136. The smallest absolute Gasteiger partial charge is 0.369 e. The number of benzene rings is 1. The largest absolute Gasteiger partial charge is 0.418 e. The molecule has 4 rings (SSSR count). The summed E-state index contributed by atoms with van der Waals surface area (Å²) in [5.74, 6) is 0.320. The fraction of sp³-hybridized carbons (Fsp3) is 0.524. The number of anilines is 1. The van der Waals surface area contributed by atoms with Crippen LogP contribution in [0.15, 0.2) is 30.5 Å². The number of amides is 1. The number of alkyl halides is 3. The van der Waals surface area contributed by atoms with Gasteiger partial charge in [0.25, 0.3) is 0 Å². The van der Waals surface area contributed by atoms with Gasteiger partial charge in [-0.3, -0.25) is 9.78 Å². The Morgan fingerprint density at radius 1 is 1.28 bits per heavy atom. The number of halogens is 3. The molecule has 0 saturated carbocycles. The molecular weight excluding hydrogens is 381 g/mol. The van der Waals surface area contributed by atoms with Crippen molar-refractivity contribution in [2.24, 2.45) is 5.92 Å². The average molecular weight is 406 g/mol. The van der Waals surface area contributed by atoms with Crippen LogP contribution in [-0.4, -0.2) is 42.6 Å². The first-order valence-corrected chi connectivity index (χ1v) is 10.1. The maximum atomic E-state index is 13.4. The third kappa shape index (κ3) is 4.17. The Kier molecular flexibility index (Phi) is 5.38. The van der Waals surface area contributed by atoms with E-state index in [1.807, 2.05) is 0 Å². The molecule has 1 amide bonds.